The number of carbonyl (C=O) groups excluding carboxylic acids is 1. The zero-order valence-electron chi connectivity index (χ0n) is 16.0. The lowest BCUT2D eigenvalue weighted by Gasteiger charge is -2.26. The molecule has 2 aromatic rings. The van der Waals surface area contributed by atoms with Gasteiger partial charge in [-0.15, -0.1) is 0 Å². The summed E-state index contributed by atoms with van der Waals surface area (Å²) in [4.78, 5) is 14.4. The molecule has 0 aromatic heterocycles. The average molecular weight is 422 g/mol. The molecule has 7 nitrogen and oxygen atoms in total. The van der Waals surface area contributed by atoms with E-state index in [-0.39, 0.29) is 24.1 Å². The number of nitrogens with zero attached hydrogens (tertiary/aromatic N) is 1. The van der Waals surface area contributed by atoms with Gasteiger partial charge in [-0.1, -0.05) is 24.3 Å². The van der Waals surface area contributed by atoms with E-state index >= 15 is 0 Å². The predicted molar refractivity (Wildman–Crippen MR) is 107 cm³/mol. The molecule has 1 unspecified atom stereocenters. The van der Waals surface area contributed by atoms with E-state index in [9.17, 15) is 17.6 Å². The maximum absolute atomic E-state index is 13.9. The molecule has 9 heteroatoms. The van der Waals surface area contributed by atoms with Crippen molar-refractivity contribution < 1.29 is 26.5 Å². The summed E-state index contributed by atoms with van der Waals surface area (Å²) in [6.07, 6.45) is 2.68. The predicted octanol–water partition coefficient (Wildman–Crippen LogP) is 3.38. The molecule has 1 fully saturated rings. The summed E-state index contributed by atoms with van der Waals surface area (Å²) in [5, 5.41) is 2.60. The number of hydrogen-bond donors (Lipinski definition) is 1. The summed E-state index contributed by atoms with van der Waals surface area (Å²) < 4.78 is 46.8. The number of rotatable bonds is 7. The van der Waals surface area contributed by atoms with Crippen molar-refractivity contribution in [2.24, 2.45) is 0 Å². The van der Waals surface area contributed by atoms with Crippen LogP contribution in [-0.4, -0.2) is 44.9 Å². The van der Waals surface area contributed by atoms with Gasteiger partial charge in [0.2, 0.25) is 0 Å². The molecule has 1 saturated heterocycles. The molecule has 1 heterocycles. The van der Waals surface area contributed by atoms with Gasteiger partial charge in [0.05, 0.1) is 18.0 Å². The average Bonchev–Trinajstić information content (AvgIpc) is 3.16. The second kappa shape index (κ2) is 9.23. The van der Waals surface area contributed by atoms with Crippen LogP contribution in [0.1, 0.15) is 18.4 Å². The Morgan fingerprint density at radius 2 is 1.97 bits per heavy atom. The number of para-hydroxylation sites is 1. The number of carbonyl (C=O) groups is 1. The maximum Gasteiger partial charge on any atom is 0.322 e. The number of halogens is 1. The summed E-state index contributed by atoms with van der Waals surface area (Å²) in [5.41, 5.74) is 0.874. The Labute approximate surface area is 169 Å². The van der Waals surface area contributed by atoms with Gasteiger partial charge in [-0.25, -0.2) is 9.18 Å². The van der Waals surface area contributed by atoms with Gasteiger partial charge in [-0.2, -0.15) is 8.42 Å². The molecule has 2 amide bonds. The Kier molecular flexibility index (Phi) is 6.71. The molecule has 1 aliphatic heterocycles. The molecule has 0 aliphatic carbocycles. The van der Waals surface area contributed by atoms with Gasteiger partial charge < -0.3 is 19.1 Å². The van der Waals surface area contributed by atoms with Crippen LogP contribution in [0.25, 0.3) is 0 Å². The van der Waals surface area contributed by atoms with Crippen LogP contribution in [0.3, 0.4) is 0 Å². The summed E-state index contributed by atoms with van der Waals surface area (Å²) in [6, 6.07) is 11.9. The second-order valence-electron chi connectivity index (χ2n) is 6.86. The summed E-state index contributed by atoms with van der Waals surface area (Å²) in [5.74, 6) is -0.321. The van der Waals surface area contributed by atoms with Gasteiger partial charge in [0.15, 0.2) is 0 Å². The molecule has 0 bridgehead atoms. The van der Waals surface area contributed by atoms with Crippen LogP contribution < -0.4 is 9.50 Å². The summed E-state index contributed by atoms with van der Waals surface area (Å²) >= 11 is 0. The molecule has 2 aromatic carbocycles. The van der Waals surface area contributed by atoms with Gasteiger partial charge >= 0.3 is 16.1 Å². The second-order valence-corrected chi connectivity index (χ2v) is 8.43. The number of ether oxygens (including phenoxy) is 1. The molecule has 0 saturated carbocycles. The minimum absolute atomic E-state index is 0.0748. The third kappa shape index (κ3) is 6.43. The number of amides is 2. The number of nitrogens with one attached hydrogen (secondary N) is 1. The highest BCUT2D eigenvalue weighted by Gasteiger charge is 2.23. The first kappa shape index (κ1) is 21.1. The van der Waals surface area contributed by atoms with E-state index in [0.717, 1.165) is 24.7 Å². The standard InChI is InChI=1S/C20H23FN2O5S/c1-29(25,26)28-16-10-8-15(9-11-16)13-23(14-17-5-4-12-27-17)20(24)22-19-7-3-2-6-18(19)21/h2-3,6-11,17H,4-5,12-14H2,1H3,(H,22,24). The lowest BCUT2D eigenvalue weighted by atomic mass is 10.2. The van der Waals surface area contributed by atoms with Crippen LogP contribution in [-0.2, 0) is 21.4 Å². The molecule has 156 valence electrons. The highest BCUT2D eigenvalue weighted by molar-refractivity contribution is 7.86. The van der Waals surface area contributed by atoms with Crippen LogP contribution in [0, 0.1) is 5.82 Å². The van der Waals surface area contributed by atoms with E-state index in [0.29, 0.717) is 13.2 Å². The van der Waals surface area contributed by atoms with Crippen LogP contribution >= 0.6 is 0 Å². The fourth-order valence-electron chi connectivity index (χ4n) is 3.06. The lowest BCUT2D eigenvalue weighted by molar-refractivity contribution is 0.0819. The van der Waals surface area contributed by atoms with E-state index in [1.807, 2.05) is 0 Å². The lowest BCUT2D eigenvalue weighted by Crippen LogP contribution is -2.39. The topological polar surface area (TPSA) is 84.9 Å². The van der Waals surface area contributed by atoms with Crippen LogP contribution in [0.4, 0.5) is 14.9 Å². The van der Waals surface area contributed by atoms with Crippen molar-refractivity contribution in [2.75, 3.05) is 24.7 Å². The third-order valence-corrected chi connectivity index (χ3v) is 4.89. The summed E-state index contributed by atoms with van der Waals surface area (Å²) in [6.45, 7) is 1.27. The van der Waals surface area contributed by atoms with Gasteiger partial charge in [0, 0.05) is 19.7 Å². The molecule has 1 aliphatic rings. The normalized spacial score (nSPS) is 16.4. The number of urea groups is 1. The minimum Gasteiger partial charge on any atom is -0.383 e. The molecule has 1 N–H and O–H groups in total. The van der Waals surface area contributed by atoms with Gasteiger partial charge in [-0.05, 0) is 42.7 Å². The van der Waals surface area contributed by atoms with Gasteiger partial charge in [-0.3, -0.25) is 0 Å². The first-order valence-electron chi connectivity index (χ1n) is 9.20. The fourth-order valence-corrected chi connectivity index (χ4v) is 3.52. The highest BCUT2D eigenvalue weighted by atomic mass is 32.2. The molecule has 0 radical (unpaired) electrons. The molecule has 29 heavy (non-hydrogen) atoms. The summed E-state index contributed by atoms with van der Waals surface area (Å²) in [7, 11) is -3.61. The fraction of sp³-hybridized carbons (Fsp3) is 0.350. The minimum atomic E-state index is -3.61. The van der Waals surface area contributed by atoms with E-state index in [4.69, 9.17) is 8.92 Å². The molecule has 0 spiro atoms. The zero-order valence-corrected chi connectivity index (χ0v) is 16.8. The van der Waals surface area contributed by atoms with Gasteiger partial charge in [0.1, 0.15) is 11.6 Å². The largest absolute Gasteiger partial charge is 0.383 e. The van der Waals surface area contributed by atoms with Crippen molar-refractivity contribution in [3.05, 3.63) is 59.9 Å². The highest BCUT2D eigenvalue weighted by Crippen LogP contribution is 2.20. The van der Waals surface area contributed by atoms with Crippen molar-refractivity contribution >= 4 is 21.8 Å². The Morgan fingerprint density at radius 3 is 2.59 bits per heavy atom. The Balaban J connectivity index is 1.72. The Morgan fingerprint density at radius 1 is 1.24 bits per heavy atom. The maximum atomic E-state index is 13.9. The van der Waals surface area contributed by atoms with Crippen LogP contribution in [0.15, 0.2) is 48.5 Å². The number of anilines is 1. The quantitative estimate of drug-likeness (QED) is 0.692. The Bertz CT molecular complexity index is 944. The van der Waals surface area contributed by atoms with Crippen molar-refractivity contribution in [3.63, 3.8) is 0 Å². The van der Waals surface area contributed by atoms with Crippen molar-refractivity contribution in [3.8, 4) is 5.75 Å². The van der Waals surface area contributed by atoms with E-state index in [1.54, 1.807) is 29.2 Å². The van der Waals surface area contributed by atoms with Gasteiger partial charge in [0.25, 0.3) is 0 Å². The number of benzene rings is 2. The first-order valence-corrected chi connectivity index (χ1v) is 11.0. The first-order chi connectivity index (χ1) is 13.8. The molecular weight excluding hydrogens is 399 g/mol. The van der Waals surface area contributed by atoms with Crippen molar-refractivity contribution in [1.29, 1.82) is 0 Å². The third-order valence-electron chi connectivity index (χ3n) is 4.40. The van der Waals surface area contributed by atoms with Crippen molar-refractivity contribution in [1.82, 2.24) is 4.90 Å². The molecular formula is C20H23FN2O5S. The van der Waals surface area contributed by atoms with E-state index < -0.39 is 22.0 Å². The number of hydrogen-bond acceptors (Lipinski definition) is 5. The van der Waals surface area contributed by atoms with E-state index in [2.05, 4.69) is 5.32 Å². The molecule has 1 atom stereocenters. The molecule has 3 rings (SSSR count). The zero-order chi connectivity index (χ0) is 20.9. The monoisotopic (exact) mass is 422 g/mol. The van der Waals surface area contributed by atoms with Crippen LogP contribution in [0.2, 0.25) is 0 Å². The van der Waals surface area contributed by atoms with Crippen LogP contribution in [0.5, 0.6) is 5.75 Å². The van der Waals surface area contributed by atoms with E-state index in [1.165, 1.54) is 24.3 Å². The Hall–Kier alpha value is -2.65. The van der Waals surface area contributed by atoms with Crippen molar-refractivity contribution in [2.45, 2.75) is 25.5 Å². The SMILES string of the molecule is CS(=O)(=O)Oc1ccc(CN(CC2CCCO2)C(=O)Nc2ccccc2F)cc1. The smallest absolute Gasteiger partial charge is 0.322 e.